The number of anilines is 3. The van der Waals surface area contributed by atoms with E-state index in [1.165, 1.54) is 39.0 Å². The van der Waals surface area contributed by atoms with Crippen LogP contribution in [0, 0.1) is 0 Å². The van der Waals surface area contributed by atoms with Crippen LogP contribution < -0.4 is 11.1 Å². The van der Waals surface area contributed by atoms with Gasteiger partial charge >= 0.3 is 0 Å². The average Bonchev–Trinajstić information content (AvgIpc) is 3.53. The molecule has 0 amide bonds. The molecule has 5 aromatic rings. The minimum Gasteiger partial charge on any atom is -0.383 e. The molecule has 1 saturated heterocycles. The van der Waals surface area contributed by atoms with E-state index in [0.717, 1.165) is 57.7 Å². The van der Waals surface area contributed by atoms with Crippen molar-refractivity contribution in [2.75, 3.05) is 44.3 Å². The first-order valence-corrected chi connectivity index (χ1v) is 14.4. The Labute approximate surface area is 234 Å². The fourth-order valence-electron chi connectivity index (χ4n) is 6.61. The van der Waals surface area contributed by atoms with Gasteiger partial charge in [0.1, 0.15) is 17.8 Å². The average molecular weight is 536 g/mol. The Kier molecular flexibility index (Phi) is 6.40. The molecule has 1 saturated carbocycles. The van der Waals surface area contributed by atoms with Crippen molar-refractivity contribution in [3.05, 3.63) is 61.1 Å². The molecule has 3 aromatic heterocycles. The maximum absolute atomic E-state index is 6.46. The molecule has 2 aliphatic rings. The summed E-state index contributed by atoms with van der Waals surface area (Å²) >= 11 is 0. The van der Waals surface area contributed by atoms with Gasteiger partial charge in [0.25, 0.3) is 0 Å². The summed E-state index contributed by atoms with van der Waals surface area (Å²) in [5.74, 6) is 1.35. The summed E-state index contributed by atoms with van der Waals surface area (Å²) in [6.45, 7) is 4.73. The number of aromatic nitrogens is 5. The Morgan fingerprint density at radius 3 is 2.33 bits per heavy atom. The lowest BCUT2D eigenvalue weighted by Gasteiger charge is -2.41. The number of aryl methyl sites for hydroxylation is 1. The third-order valence-corrected chi connectivity index (χ3v) is 8.99. The monoisotopic (exact) mass is 535 g/mol. The third-order valence-electron chi connectivity index (χ3n) is 8.99. The molecule has 2 fully saturated rings. The van der Waals surface area contributed by atoms with Gasteiger partial charge in [-0.2, -0.15) is 0 Å². The molecule has 0 atom stereocenters. The van der Waals surface area contributed by atoms with Gasteiger partial charge in [0, 0.05) is 62.8 Å². The van der Waals surface area contributed by atoms with Gasteiger partial charge in [0.05, 0.1) is 16.4 Å². The Morgan fingerprint density at radius 1 is 0.850 bits per heavy atom. The van der Waals surface area contributed by atoms with E-state index in [4.69, 9.17) is 15.7 Å². The van der Waals surface area contributed by atoms with Gasteiger partial charge in [-0.25, -0.2) is 15.0 Å². The van der Waals surface area contributed by atoms with Crippen LogP contribution in [-0.4, -0.2) is 73.2 Å². The minimum absolute atomic E-state index is 0.424. The van der Waals surface area contributed by atoms with Crippen LogP contribution in [0.3, 0.4) is 0 Å². The molecular formula is C31H37N9. The number of nitrogens with one attached hydrogen (secondary N) is 1. The second-order valence-corrected chi connectivity index (χ2v) is 11.4. The van der Waals surface area contributed by atoms with E-state index in [0.29, 0.717) is 17.9 Å². The third kappa shape index (κ3) is 4.49. The number of hydrogen-bond acceptors (Lipinski definition) is 7. The van der Waals surface area contributed by atoms with Crippen molar-refractivity contribution >= 4 is 39.5 Å². The summed E-state index contributed by atoms with van der Waals surface area (Å²) in [7, 11) is 4.26. The number of likely N-dealkylation sites (N-methyl/N-ethyl adjacent to an activating group) is 1. The highest BCUT2D eigenvalue weighted by Crippen LogP contribution is 2.39. The van der Waals surface area contributed by atoms with Gasteiger partial charge in [-0.3, -0.25) is 4.90 Å². The summed E-state index contributed by atoms with van der Waals surface area (Å²) in [4.78, 5) is 19.0. The van der Waals surface area contributed by atoms with E-state index in [2.05, 4.69) is 72.8 Å². The first-order valence-electron chi connectivity index (χ1n) is 14.4. The number of piperazine rings is 1. The highest BCUT2D eigenvalue weighted by Gasteiger charge is 2.30. The van der Waals surface area contributed by atoms with Crippen molar-refractivity contribution < 1.29 is 0 Å². The summed E-state index contributed by atoms with van der Waals surface area (Å²) in [5, 5.41) is 4.41. The topological polar surface area (TPSA) is 93.1 Å². The van der Waals surface area contributed by atoms with Crippen molar-refractivity contribution in [1.29, 1.82) is 0 Å². The Balaban J connectivity index is 1.13. The van der Waals surface area contributed by atoms with Crippen LogP contribution in [0.4, 0.5) is 17.5 Å². The van der Waals surface area contributed by atoms with Crippen LogP contribution in [0.15, 0.2) is 61.1 Å². The molecule has 0 bridgehead atoms. The van der Waals surface area contributed by atoms with Crippen molar-refractivity contribution in [2.24, 2.45) is 7.05 Å². The van der Waals surface area contributed by atoms with Crippen LogP contribution >= 0.6 is 0 Å². The summed E-state index contributed by atoms with van der Waals surface area (Å²) in [5.41, 5.74) is 12.6. The van der Waals surface area contributed by atoms with E-state index < -0.39 is 0 Å². The van der Waals surface area contributed by atoms with Crippen LogP contribution in [0.5, 0.6) is 0 Å². The molecule has 0 radical (unpaired) electrons. The maximum Gasteiger partial charge on any atom is 0.208 e. The number of benzene rings is 2. The lowest BCUT2D eigenvalue weighted by molar-refractivity contribution is 0.0828. The summed E-state index contributed by atoms with van der Waals surface area (Å²) in [6, 6.07) is 17.8. The van der Waals surface area contributed by atoms with Gasteiger partial charge in [-0.05, 0) is 62.6 Å². The first kappa shape index (κ1) is 25.0. The van der Waals surface area contributed by atoms with E-state index in [9.17, 15) is 0 Å². The van der Waals surface area contributed by atoms with E-state index in [-0.39, 0.29) is 0 Å². The molecule has 0 spiro atoms. The largest absolute Gasteiger partial charge is 0.383 e. The van der Waals surface area contributed by atoms with Gasteiger partial charge in [0.15, 0.2) is 0 Å². The van der Waals surface area contributed by atoms with Crippen molar-refractivity contribution in [3.8, 4) is 11.1 Å². The van der Waals surface area contributed by atoms with Crippen LogP contribution in [0.2, 0.25) is 0 Å². The highest BCUT2D eigenvalue weighted by atomic mass is 15.3. The molecule has 206 valence electrons. The second-order valence-electron chi connectivity index (χ2n) is 11.4. The number of nitrogens with zero attached hydrogens (tertiary/aromatic N) is 7. The quantitative estimate of drug-likeness (QED) is 0.326. The van der Waals surface area contributed by atoms with Gasteiger partial charge in [0.2, 0.25) is 5.95 Å². The number of imidazole rings is 1. The van der Waals surface area contributed by atoms with Crippen molar-refractivity contribution in [2.45, 2.75) is 37.8 Å². The SMILES string of the molecule is CN1CCN([C@H]2CC[C@@H](n3cc(-c4ccc(Nc5nc6ccccc6n5C)cc4)c4c(N)ncnc43)CC2)CC1. The van der Waals surface area contributed by atoms with E-state index in [1.54, 1.807) is 6.33 Å². The minimum atomic E-state index is 0.424. The fraction of sp³-hybridized carbons (Fsp3) is 0.387. The lowest BCUT2D eigenvalue weighted by atomic mass is 9.89. The molecule has 1 aliphatic carbocycles. The number of rotatable bonds is 5. The Bertz CT molecular complexity index is 1640. The van der Waals surface area contributed by atoms with E-state index in [1.807, 2.05) is 25.2 Å². The second kappa shape index (κ2) is 10.2. The number of hydrogen-bond donors (Lipinski definition) is 2. The van der Waals surface area contributed by atoms with Gasteiger partial charge < -0.3 is 25.1 Å². The Hall–Kier alpha value is -3.95. The smallest absolute Gasteiger partial charge is 0.208 e. The zero-order valence-electron chi connectivity index (χ0n) is 23.3. The van der Waals surface area contributed by atoms with E-state index >= 15 is 0 Å². The predicted octanol–water partition coefficient (Wildman–Crippen LogP) is 5.04. The first-order chi connectivity index (χ1) is 19.5. The Morgan fingerprint density at radius 2 is 1.57 bits per heavy atom. The molecular weight excluding hydrogens is 498 g/mol. The molecule has 7 rings (SSSR count). The van der Waals surface area contributed by atoms with Crippen LogP contribution in [0.1, 0.15) is 31.7 Å². The van der Waals surface area contributed by atoms with Crippen LogP contribution in [-0.2, 0) is 7.05 Å². The zero-order valence-corrected chi connectivity index (χ0v) is 23.3. The lowest BCUT2D eigenvalue weighted by Crippen LogP contribution is -2.49. The highest BCUT2D eigenvalue weighted by molar-refractivity contribution is 6.00. The number of nitrogen functional groups attached to an aromatic ring is 1. The van der Waals surface area contributed by atoms with Gasteiger partial charge in [-0.1, -0.05) is 24.3 Å². The standard InChI is InChI=1S/C31H37N9/c1-37-15-17-39(18-16-37)23-11-13-24(14-12-23)40-19-25(28-29(32)33-20-34-30(28)40)21-7-9-22(10-8-21)35-31-36-26-5-3-4-6-27(26)38(31)2/h3-10,19-20,23-24H,11-18H2,1-2H3,(H,35,36)(H2,32,33,34)/t23-,24+. The number of fused-ring (bicyclic) bond motifs is 2. The summed E-state index contributed by atoms with van der Waals surface area (Å²) < 4.78 is 4.45. The van der Waals surface area contributed by atoms with Crippen molar-refractivity contribution in [1.82, 2.24) is 33.9 Å². The molecule has 40 heavy (non-hydrogen) atoms. The fourth-order valence-corrected chi connectivity index (χ4v) is 6.61. The molecule has 4 heterocycles. The molecule has 9 heteroatoms. The number of para-hydroxylation sites is 2. The molecule has 3 N–H and O–H groups in total. The number of nitrogens with two attached hydrogens (primary N) is 1. The summed E-state index contributed by atoms with van der Waals surface area (Å²) in [6.07, 6.45) is 8.62. The molecule has 2 aromatic carbocycles. The van der Waals surface area contributed by atoms with Gasteiger partial charge in [-0.15, -0.1) is 0 Å². The van der Waals surface area contributed by atoms with Crippen molar-refractivity contribution in [3.63, 3.8) is 0 Å². The molecule has 9 nitrogen and oxygen atoms in total. The van der Waals surface area contributed by atoms with Crippen LogP contribution in [0.25, 0.3) is 33.2 Å². The molecule has 0 unspecified atom stereocenters. The normalized spacial score (nSPS) is 20.9. The predicted molar refractivity (Wildman–Crippen MR) is 162 cm³/mol. The zero-order chi connectivity index (χ0) is 27.2. The maximum atomic E-state index is 6.46. The molecule has 1 aliphatic heterocycles.